The molecule has 0 bridgehead atoms. The van der Waals surface area contributed by atoms with Gasteiger partial charge in [-0.1, -0.05) is 0 Å². The van der Waals surface area contributed by atoms with Crippen LogP contribution in [0.15, 0.2) is 18.2 Å². The number of benzene rings is 1. The zero-order valence-corrected chi connectivity index (χ0v) is 18.0. The first-order chi connectivity index (χ1) is 14.8. The third kappa shape index (κ3) is 3.94. The fraction of sp³-hybridized carbons (Fsp3) is 0.609. The maximum atomic E-state index is 13.5. The van der Waals surface area contributed by atoms with Gasteiger partial charge in [0.15, 0.2) is 0 Å². The topological polar surface area (TPSA) is 108 Å². The molecule has 0 radical (unpaired) electrons. The molecule has 1 aliphatic carbocycles. The Hall–Kier alpha value is -2.79. The standard InChI is InChI=1S/C23H30N4O4/c1-25(22(30)31)18-5-8-20(16(13-18)14-24)26-11-2-9-23(15-26)10-12-27(21(23)29)17-3-6-19(28)7-4-17/h5,8,13,17,19,28H,2-4,6-7,9-12,15H2,1H3,(H,30,31)/t17-,19-,23?. The lowest BCUT2D eigenvalue weighted by atomic mass is 9.78. The summed E-state index contributed by atoms with van der Waals surface area (Å²) in [5.41, 5.74) is 1.21. The van der Waals surface area contributed by atoms with E-state index >= 15 is 0 Å². The van der Waals surface area contributed by atoms with Gasteiger partial charge in [0.25, 0.3) is 0 Å². The number of rotatable bonds is 3. The molecule has 1 aromatic carbocycles. The molecule has 2 aliphatic heterocycles. The number of piperidine rings is 1. The molecule has 1 atom stereocenters. The molecular formula is C23H30N4O4. The van der Waals surface area contributed by atoms with Crippen molar-refractivity contribution in [2.45, 2.75) is 57.1 Å². The van der Waals surface area contributed by atoms with Crippen LogP contribution in [0.5, 0.6) is 0 Å². The van der Waals surface area contributed by atoms with E-state index in [9.17, 15) is 25.1 Å². The Balaban J connectivity index is 1.53. The van der Waals surface area contributed by atoms with Crippen molar-refractivity contribution in [1.29, 1.82) is 5.26 Å². The monoisotopic (exact) mass is 426 g/mol. The summed E-state index contributed by atoms with van der Waals surface area (Å²) >= 11 is 0. The number of nitrogens with zero attached hydrogens (tertiary/aromatic N) is 4. The van der Waals surface area contributed by atoms with Gasteiger partial charge >= 0.3 is 6.09 Å². The van der Waals surface area contributed by atoms with Crippen molar-refractivity contribution in [2.24, 2.45) is 5.41 Å². The van der Waals surface area contributed by atoms with Crippen LogP contribution in [0.25, 0.3) is 0 Å². The van der Waals surface area contributed by atoms with Crippen molar-refractivity contribution >= 4 is 23.4 Å². The van der Waals surface area contributed by atoms with E-state index in [4.69, 9.17) is 0 Å². The van der Waals surface area contributed by atoms with Crippen molar-refractivity contribution in [3.63, 3.8) is 0 Å². The van der Waals surface area contributed by atoms with E-state index < -0.39 is 11.5 Å². The van der Waals surface area contributed by atoms with Gasteiger partial charge in [-0.25, -0.2) is 4.79 Å². The molecule has 4 rings (SSSR count). The predicted molar refractivity (Wildman–Crippen MR) is 116 cm³/mol. The summed E-state index contributed by atoms with van der Waals surface area (Å²) in [7, 11) is 1.45. The SMILES string of the molecule is CN(C(=O)O)c1ccc(N2CCCC3(CCN([C@H]4CC[C@H](O)CC4)C3=O)C2)c(C#N)c1. The summed E-state index contributed by atoms with van der Waals surface area (Å²) < 4.78 is 0. The van der Waals surface area contributed by atoms with E-state index in [1.807, 2.05) is 4.90 Å². The van der Waals surface area contributed by atoms with Gasteiger partial charge in [0.2, 0.25) is 5.91 Å². The van der Waals surface area contributed by atoms with Crippen LogP contribution in [-0.4, -0.2) is 65.9 Å². The zero-order chi connectivity index (χ0) is 22.2. The Morgan fingerprint density at radius 1 is 1.23 bits per heavy atom. The van der Waals surface area contributed by atoms with Gasteiger partial charge in [-0.05, 0) is 63.1 Å². The van der Waals surface area contributed by atoms with Crippen LogP contribution in [0, 0.1) is 16.7 Å². The van der Waals surface area contributed by atoms with Crippen LogP contribution in [0.3, 0.4) is 0 Å². The molecule has 2 saturated heterocycles. The van der Waals surface area contributed by atoms with E-state index in [2.05, 4.69) is 11.0 Å². The minimum absolute atomic E-state index is 0.222. The highest BCUT2D eigenvalue weighted by Crippen LogP contribution is 2.44. The fourth-order valence-corrected chi connectivity index (χ4v) is 5.49. The number of likely N-dealkylation sites (tertiary alicyclic amines) is 1. The molecule has 1 aromatic rings. The van der Waals surface area contributed by atoms with Gasteiger partial charge in [0.1, 0.15) is 6.07 Å². The van der Waals surface area contributed by atoms with Crippen molar-refractivity contribution in [1.82, 2.24) is 4.90 Å². The highest BCUT2D eigenvalue weighted by molar-refractivity contribution is 5.87. The number of hydrogen-bond acceptors (Lipinski definition) is 5. The second-order valence-electron chi connectivity index (χ2n) is 9.17. The first-order valence-electron chi connectivity index (χ1n) is 11.1. The molecular weight excluding hydrogens is 396 g/mol. The quantitative estimate of drug-likeness (QED) is 0.769. The van der Waals surface area contributed by atoms with Crippen molar-refractivity contribution in [3.8, 4) is 6.07 Å². The minimum Gasteiger partial charge on any atom is -0.465 e. The lowest BCUT2D eigenvalue weighted by molar-refractivity contribution is -0.139. The second-order valence-corrected chi connectivity index (χ2v) is 9.17. The number of hydrogen-bond donors (Lipinski definition) is 2. The average Bonchev–Trinajstić information content (AvgIpc) is 3.08. The molecule has 2 amide bonds. The van der Waals surface area contributed by atoms with E-state index in [1.54, 1.807) is 18.2 Å². The van der Waals surface area contributed by atoms with E-state index in [-0.39, 0.29) is 18.1 Å². The van der Waals surface area contributed by atoms with Crippen molar-refractivity contribution < 1.29 is 19.8 Å². The number of anilines is 2. The minimum atomic E-state index is -1.08. The molecule has 2 N–H and O–H groups in total. The van der Waals surface area contributed by atoms with Crippen LogP contribution >= 0.6 is 0 Å². The molecule has 0 aromatic heterocycles. The van der Waals surface area contributed by atoms with E-state index in [0.717, 1.165) is 68.6 Å². The summed E-state index contributed by atoms with van der Waals surface area (Å²) in [6, 6.07) is 7.54. The number of carboxylic acid groups (broad SMARTS) is 1. The summed E-state index contributed by atoms with van der Waals surface area (Å²) in [6.07, 6.45) is 4.49. The van der Waals surface area contributed by atoms with Crippen molar-refractivity contribution in [2.75, 3.05) is 36.5 Å². The molecule has 3 aliphatic rings. The molecule has 166 valence electrons. The molecule has 2 heterocycles. The normalized spacial score (nSPS) is 28.6. The maximum absolute atomic E-state index is 13.5. The van der Waals surface area contributed by atoms with Crippen LogP contribution in [0.1, 0.15) is 50.5 Å². The van der Waals surface area contributed by atoms with Gasteiger partial charge in [-0.2, -0.15) is 5.26 Å². The first-order valence-corrected chi connectivity index (χ1v) is 11.1. The smallest absolute Gasteiger partial charge is 0.411 e. The molecule has 8 heteroatoms. The van der Waals surface area contributed by atoms with Crippen LogP contribution in [0.2, 0.25) is 0 Å². The average molecular weight is 427 g/mol. The zero-order valence-electron chi connectivity index (χ0n) is 18.0. The van der Waals surface area contributed by atoms with Gasteiger partial charge in [-0.15, -0.1) is 0 Å². The van der Waals surface area contributed by atoms with Gasteiger partial charge in [0.05, 0.1) is 22.8 Å². The van der Waals surface area contributed by atoms with E-state index in [0.29, 0.717) is 17.8 Å². The van der Waals surface area contributed by atoms with E-state index in [1.165, 1.54) is 7.05 Å². The highest BCUT2D eigenvalue weighted by atomic mass is 16.4. The number of amides is 2. The molecule has 31 heavy (non-hydrogen) atoms. The number of nitriles is 1. The first kappa shape index (κ1) is 21.4. The molecule has 3 fully saturated rings. The summed E-state index contributed by atoms with van der Waals surface area (Å²) in [5, 5.41) is 28.7. The Morgan fingerprint density at radius 2 is 1.97 bits per heavy atom. The molecule has 1 spiro atoms. The molecule has 1 saturated carbocycles. The Kier molecular flexibility index (Phi) is 5.80. The molecule has 1 unspecified atom stereocenters. The third-order valence-corrected chi connectivity index (χ3v) is 7.35. The van der Waals surface area contributed by atoms with Crippen molar-refractivity contribution in [3.05, 3.63) is 23.8 Å². The number of aliphatic hydroxyl groups is 1. The second kappa shape index (κ2) is 8.39. The summed E-state index contributed by atoms with van der Waals surface area (Å²) in [5.74, 6) is 0.222. The van der Waals surface area contributed by atoms with Gasteiger partial charge in [-0.3, -0.25) is 9.69 Å². The Labute approximate surface area is 182 Å². The number of carbonyl (C=O) groups excluding carboxylic acids is 1. The Bertz CT molecular complexity index is 905. The summed E-state index contributed by atoms with van der Waals surface area (Å²) in [4.78, 5) is 30.0. The molecule has 8 nitrogen and oxygen atoms in total. The number of aliphatic hydroxyl groups excluding tert-OH is 1. The lowest BCUT2D eigenvalue weighted by Gasteiger charge is -2.41. The van der Waals surface area contributed by atoms with Crippen LogP contribution in [-0.2, 0) is 4.79 Å². The summed E-state index contributed by atoms with van der Waals surface area (Å²) in [6.45, 7) is 2.12. The largest absolute Gasteiger partial charge is 0.465 e. The predicted octanol–water partition coefficient (Wildman–Crippen LogP) is 2.79. The third-order valence-electron chi connectivity index (χ3n) is 7.35. The van der Waals surface area contributed by atoms with Crippen LogP contribution < -0.4 is 9.80 Å². The lowest BCUT2D eigenvalue weighted by Crippen LogP contribution is -2.50. The highest BCUT2D eigenvalue weighted by Gasteiger charge is 2.50. The van der Waals surface area contributed by atoms with Crippen LogP contribution in [0.4, 0.5) is 16.2 Å². The van der Waals surface area contributed by atoms with Gasteiger partial charge < -0.3 is 20.0 Å². The Morgan fingerprint density at radius 3 is 2.65 bits per heavy atom. The number of carbonyl (C=O) groups is 2. The fourth-order valence-electron chi connectivity index (χ4n) is 5.49. The maximum Gasteiger partial charge on any atom is 0.411 e. The van der Waals surface area contributed by atoms with Gasteiger partial charge in [0, 0.05) is 38.4 Å².